The van der Waals surface area contributed by atoms with Crippen LogP contribution in [0.1, 0.15) is 36.5 Å². The third-order valence-electron chi connectivity index (χ3n) is 2.00. The van der Waals surface area contributed by atoms with Crippen LogP contribution >= 0.6 is 0 Å². The minimum atomic E-state index is -0.965. The van der Waals surface area contributed by atoms with Gasteiger partial charge in [-0.1, -0.05) is 13.3 Å². The van der Waals surface area contributed by atoms with Gasteiger partial charge in [-0.15, -0.1) is 0 Å². The van der Waals surface area contributed by atoms with Gasteiger partial charge in [-0.2, -0.15) is 0 Å². The van der Waals surface area contributed by atoms with Gasteiger partial charge in [0.1, 0.15) is 0 Å². The minimum Gasteiger partial charge on any atom is -0.294 e. The highest BCUT2D eigenvalue weighted by Gasteiger charge is 2.08. The second-order valence-electron chi connectivity index (χ2n) is 3.16. The van der Waals surface area contributed by atoms with E-state index in [4.69, 9.17) is 0 Å². The summed E-state index contributed by atoms with van der Waals surface area (Å²) in [7, 11) is 0. The van der Waals surface area contributed by atoms with Crippen molar-refractivity contribution >= 4 is 5.78 Å². The lowest BCUT2D eigenvalue weighted by molar-refractivity contribution is 0.0979. The van der Waals surface area contributed by atoms with Crippen LogP contribution in [0.2, 0.25) is 0 Å². The van der Waals surface area contributed by atoms with Crippen LogP contribution in [0.25, 0.3) is 0 Å². The highest BCUT2D eigenvalue weighted by molar-refractivity contribution is 5.95. The van der Waals surface area contributed by atoms with Crippen LogP contribution in [0.15, 0.2) is 18.2 Å². The second kappa shape index (κ2) is 4.84. The molecule has 0 atom stereocenters. The molecule has 0 saturated carbocycles. The van der Waals surface area contributed by atoms with Crippen molar-refractivity contribution in [2.24, 2.45) is 0 Å². The Hall–Kier alpha value is -1.25. The van der Waals surface area contributed by atoms with E-state index in [2.05, 4.69) is 0 Å². The number of unbranched alkanes of at least 4 members (excludes halogenated alkanes) is 1. The predicted molar refractivity (Wildman–Crippen MR) is 50.2 cm³/mol. The van der Waals surface area contributed by atoms with E-state index in [0.29, 0.717) is 6.42 Å². The summed E-state index contributed by atoms with van der Waals surface area (Å²) in [6.07, 6.45) is 2.08. The molecule has 1 aromatic carbocycles. The number of ketones is 1. The molecule has 0 aromatic heterocycles. The van der Waals surface area contributed by atoms with Crippen LogP contribution in [0, 0.1) is 11.6 Å². The highest BCUT2D eigenvalue weighted by Crippen LogP contribution is 2.11. The first-order valence-corrected chi connectivity index (χ1v) is 4.63. The van der Waals surface area contributed by atoms with Gasteiger partial charge in [-0.05, 0) is 24.6 Å². The first kappa shape index (κ1) is 10.8. The van der Waals surface area contributed by atoms with Crippen molar-refractivity contribution in [2.45, 2.75) is 26.2 Å². The fraction of sp³-hybridized carbons (Fsp3) is 0.364. The van der Waals surface area contributed by atoms with E-state index < -0.39 is 11.6 Å². The topological polar surface area (TPSA) is 17.1 Å². The van der Waals surface area contributed by atoms with Gasteiger partial charge in [0.25, 0.3) is 0 Å². The predicted octanol–water partition coefficient (Wildman–Crippen LogP) is 3.34. The largest absolute Gasteiger partial charge is 0.294 e. The molecule has 0 heterocycles. The molecule has 0 aliphatic heterocycles. The first-order chi connectivity index (χ1) is 6.65. The van der Waals surface area contributed by atoms with Crippen molar-refractivity contribution in [3.05, 3.63) is 35.4 Å². The molecule has 0 spiro atoms. The molecule has 0 fully saturated rings. The summed E-state index contributed by atoms with van der Waals surface area (Å²) in [5, 5.41) is 0. The molecular formula is C11H12F2O. The molecule has 0 bridgehead atoms. The van der Waals surface area contributed by atoms with Crippen molar-refractivity contribution in [1.82, 2.24) is 0 Å². The maximum absolute atomic E-state index is 12.7. The molecule has 1 nitrogen and oxygen atoms in total. The fourth-order valence-corrected chi connectivity index (χ4v) is 1.15. The van der Waals surface area contributed by atoms with Crippen molar-refractivity contribution in [1.29, 1.82) is 0 Å². The summed E-state index contributed by atoms with van der Waals surface area (Å²) in [6, 6.07) is 3.25. The molecule has 3 heteroatoms. The van der Waals surface area contributed by atoms with E-state index in [0.717, 1.165) is 25.0 Å². The fourth-order valence-electron chi connectivity index (χ4n) is 1.15. The Morgan fingerprint density at radius 2 is 2.00 bits per heavy atom. The van der Waals surface area contributed by atoms with E-state index in [1.807, 2.05) is 6.92 Å². The van der Waals surface area contributed by atoms with E-state index >= 15 is 0 Å². The van der Waals surface area contributed by atoms with Crippen molar-refractivity contribution in [3.63, 3.8) is 0 Å². The lowest BCUT2D eigenvalue weighted by Crippen LogP contribution is -2.00. The van der Waals surface area contributed by atoms with E-state index in [1.165, 1.54) is 6.07 Å². The standard InChI is InChI=1S/C11H12F2O/c1-2-3-4-11(14)8-5-6-9(12)10(13)7-8/h5-7H,2-4H2,1H3. The monoisotopic (exact) mass is 198 g/mol. The summed E-state index contributed by atoms with van der Waals surface area (Å²) in [4.78, 5) is 11.4. The van der Waals surface area contributed by atoms with E-state index in [1.54, 1.807) is 0 Å². The zero-order chi connectivity index (χ0) is 10.6. The smallest absolute Gasteiger partial charge is 0.162 e. The molecule has 1 rings (SSSR count). The van der Waals surface area contributed by atoms with Crippen LogP contribution in [-0.4, -0.2) is 5.78 Å². The molecule has 0 unspecified atom stereocenters. The van der Waals surface area contributed by atoms with Crippen molar-refractivity contribution < 1.29 is 13.6 Å². The zero-order valence-electron chi connectivity index (χ0n) is 8.02. The van der Waals surface area contributed by atoms with Gasteiger partial charge < -0.3 is 0 Å². The third-order valence-corrected chi connectivity index (χ3v) is 2.00. The normalized spacial score (nSPS) is 10.2. The van der Waals surface area contributed by atoms with Crippen LogP contribution in [0.4, 0.5) is 8.78 Å². The quantitative estimate of drug-likeness (QED) is 0.678. The molecular weight excluding hydrogens is 186 g/mol. The molecule has 76 valence electrons. The number of Topliss-reactive ketones (excluding diaryl/α,β-unsaturated/α-hetero) is 1. The number of halogens is 2. The Labute approximate surface area is 81.7 Å². The minimum absolute atomic E-state index is 0.134. The first-order valence-electron chi connectivity index (χ1n) is 4.63. The number of benzene rings is 1. The molecule has 0 N–H and O–H groups in total. The molecule has 1 aromatic rings. The molecule has 0 aliphatic rings. The van der Waals surface area contributed by atoms with Gasteiger partial charge in [0.15, 0.2) is 17.4 Å². The summed E-state index contributed by atoms with van der Waals surface area (Å²) < 4.78 is 25.3. The highest BCUT2D eigenvalue weighted by atomic mass is 19.2. The number of carbonyl (C=O) groups excluding carboxylic acids is 1. The van der Waals surface area contributed by atoms with Gasteiger partial charge in [0.2, 0.25) is 0 Å². The Morgan fingerprint density at radius 3 is 2.57 bits per heavy atom. The lowest BCUT2D eigenvalue weighted by Gasteiger charge is -2.00. The maximum Gasteiger partial charge on any atom is 0.162 e. The average molecular weight is 198 g/mol. The number of hydrogen-bond acceptors (Lipinski definition) is 1. The van der Waals surface area contributed by atoms with Gasteiger partial charge in [0, 0.05) is 12.0 Å². The summed E-state index contributed by atoms with van der Waals surface area (Å²) in [6.45, 7) is 1.97. The number of hydrogen-bond donors (Lipinski definition) is 0. The Balaban J connectivity index is 2.76. The zero-order valence-corrected chi connectivity index (χ0v) is 8.02. The number of rotatable bonds is 4. The Bertz CT molecular complexity index is 334. The summed E-state index contributed by atoms with van der Waals surface area (Å²) in [5.41, 5.74) is 0.248. The Kier molecular flexibility index (Phi) is 3.74. The van der Waals surface area contributed by atoms with Crippen LogP contribution in [-0.2, 0) is 0 Å². The van der Waals surface area contributed by atoms with Crippen LogP contribution in [0.5, 0.6) is 0 Å². The average Bonchev–Trinajstić information content (AvgIpc) is 2.18. The maximum atomic E-state index is 12.7. The molecule has 0 saturated heterocycles. The molecule has 0 radical (unpaired) electrons. The van der Waals surface area contributed by atoms with Gasteiger partial charge in [0.05, 0.1) is 0 Å². The van der Waals surface area contributed by atoms with E-state index in [9.17, 15) is 13.6 Å². The number of carbonyl (C=O) groups is 1. The van der Waals surface area contributed by atoms with E-state index in [-0.39, 0.29) is 11.3 Å². The van der Waals surface area contributed by atoms with Gasteiger partial charge in [-0.3, -0.25) is 4.79 Å². The molecule has 0 amide bonds. The van der Waals surface area contributed by atoms with Crippen molar-refractivity contribution in [2.75, 3.05) is 0 Å². The molecule has 0 aliphatic carbocycles. The summed E-state index contributed by atoms with van der Waals surface area (Å²) in [5.74, 6) is -2.02. The van der Waals surface area contributed by atoms with Gasteiger partial charge >= 0.3 is 0 Å². The molecule has 14 heavy (non-hydrogen) atoms. The van der Waals surface area contributed by atoms with Crippen LogP contribution in [0.3, 0.4) is 0 Å². The summed E-state index contributed by atoms with van der Waals surface area (Å²) >= 11 is 0. The Morgan fingerprint density at radius 1 is 1.29 bits per heavy atom. The van der Waals surface area contributed by atoms with Gasteiger partial charge in [-0.25, -0.2) is 8.78 Å². The SMILES string of the molecule is CCCCC(=O)c1ccc(F)c(F)c1. The van der Waals surface area contributed by atoms with Crippen molar-refractivity contribution in [3.8, 4) is 0 Å². The van der Waals surface area contributed by atoms with Crippen LogP contribution < -0.4 is 0 Å². The second-order valence-corrected chi connectivity index (χ2v) is 3.16. The lowest BCUT2D eigenvalue weighted by atomic mass is 10.1. The third kappa shape index (κ3) is 2.62.